The van der Waals surface area contributed by atoms with Gasteiger partial charge in [0, 0.05) is 19.5 Å². The molecule has 5 heteroatoms. The molecule has 1 aliphatic heterocycles. The minimum Gasteiger partial charge on any atom is -0.428 e. The van der Waals surface area contributed by atoms with Gasteiger partial charge in [-0.2, -0.15) is 4.98 Å². The lowest BCUT2D eigenvalue weighted by Crippen LogP contribution is -2.36. The number of aromatic nitrogens is 1. The molecule has 0 amide bonds. The van der Waals surface area contributed by atoms with Crippen LogP contribution in [0, 0.1) is 6.92 Å². The molecule has 1 aromatic rings. The van der Waals surface area contributed by atoms with E-state index in [1.54, 1.807) is 0 Å². The molecular weight excluding hydrogens is 194 g/mol. The molecule has 2 heterocycles. The molecule has 0 aliphatic carbocycles. The highest BCUT2D eigenvalue weighted by Crippen LogP contribution is 2.19. The fourth-order valence-corrected chi connectivity index (χ4v) is 1.67. The van der Waals surface area contributed by atoms with E-state index in [1.807, 2.05) is 6.92 Å². The summed E-state index contributed by atoms with van der Waals surface area (Å²) in [5, 5.41) is 0. The van der Waals surface area contributed by atoms with Gasteiger partial charge in [-0.1, -0.05) is 0 Å². The zero-order chi connectivity index (χ0) is 10.7. The summed E-state index contributed by atoms with van der Waals surface area (Å²) >= 11 is 0. The summed E-state index contributed by atoms with van der Waals surface area (Å²) in [6.07, 6.45) is 0.753. The Morgan fingerprint density at radius 3 is 2.80 bits per heavy atom. The van der Waals surface area contributed by atoms with Gasteiger partial charge in [0.1, 0.15) is 5.76 Å². The topological polar surface area (TPSA) is 64.5 Å². The van der Waals surface area contributed by atoms with Gasteiger partial charge in [-0.25, -0.2) is 0 Å². The summed E-state index contributed by atoms with van der Waals surface area (Å²) in [6.45, 7) is 5.74. The van der Waals surface area contributed by atoms with Crippen molar-refractivity contribution in [2.75, 3.05) is 37.7 Å². The smallest absolute Gasteiger partial charge is 0.297 e. The highest BCUT2D eigenvalue weighted by molar-refractivity contribution is 5.30. The molecule has 0 atom stereocenters. The van der Waals surface area contributed by atoms with Crippen LogP contribution < -0.4 is 10.6 Å². The molecule has 1 aromatic heterocycles. The largest absolute Gasteiger partial charge is 0.428 e. The SMILES string of the molecule is Cc1nc(N2CCOCC2)oc1CCN. The van der Waals surface area contributed by atoms with Crippen LogP contribution in [0.3, 0.4) is 0 Å². The third-order valence-corrected chi connectivity index (χ3v) is 2.53. The first-order valence-corrected chi connectivity index (χ1v) is 5.30. The summed E-state index contributed by atoms with van der Waals surface area (Å²) < 4.78 is 10.9. The molecule has 0 spiro atoms. The van der Waals surface area contributed by atoms with Crippen LogP contribution in [0.2, 0.25) is 0 Å². The van der Waals surface area contributed by atoms with Crippen LogP contribution >= 0.6 is 0 Å². The molecule has 1 saturated heterocycles. The Labute approximate surface area is 89.2 Å². The van der Waals surface area contributed by atoms with E-state index in [-0.39, 0.29) is 0 Å². The van der Waals surface area contributed by atoms with Crippen molar-refractivity contribution >= 4 is 6.01 Å². The molecule has 0 unspecified atom stereocenters. The van der Waals surface area contributed by atoms with Crippen molar-refractivity contribution in [1.82, 2.24) is 4.98 Å². The highest BCUT2D eigenvalue weighted by atomic mass is 16.5. The number of hydrogen-bond donors (Lipinski definition) is 1. The van der Waals surface area contributed by atoms with E-state index < -0.39 is 0 Å². The predicted octanol–water partition coefficient (Wildman–Crippen LogP) is 0.321. The maximum Gasteiger partial charge on any atom is 0.297 e. The summed E-state index contributed by atoms with van der Waals surface area (Å²) in [7, 11) is 0. The first-order chi connectivity index (χ1) is 7.31. The van der Waals surface area contributed by atoms with E-state index in [0.29, 0.717) is 12.6 Å². The molecule has 15 heavy (non-hydrogen) atoms. The molecule has 0 radical (unpaired) electrons. The Balaban J connectivity index is 2.10. The number of hydrogen-bond acceptors (Lipinski definition) is 5. The van der Waals surface area contributed by atoms with Crippen LogP contribution in [0.25, 0.3) is 0 Å². The van der Waals surface area contributed by atoms with Gasteiger partial charge in [0.2, 0.25) is 0 Å². The minimum atomic E-state index is 0.596. The van der Waals surface area contributed by atoms with Crippen molar-refractivity contribution in [1.29, 1.82) is 0 Å². The molecule has 2 rings (SSSR count). The van der Waals surface area contributed by atoms with Crippen LogP contribution in [0.15, 0.2) is 4.42 Å². The molecule has 0 saturated carbocycles. The first kappa shape index (κ1) is 10.4. The van der Waals surface area contributed by atoms with Crippen molar-refractivity contribution in [3.63, 3.8) is 0 Å². The quantitative estimate of drug-likeness (QED) is 0.780. The average Bonchev–Trinajstić information content (AvgIpc) is 2.63. The number of nitrogens with zero attached hydrogens (tertiary/aromatic N) is 2. The van der Waals surface area contributed by atoms with Crippen molar-refractivity contribution < 1.29 is 9.15 Å². The van der Waals surface area contributed by atoms with Gasteiger partial charge in [0.25, 0.3) is 6.01 Å². The van der Waals surface area contributed by atoms with E-state index in [4.69, 9.17) is 14.9 Å². The Bertz CT molecular complexity index is 318. The van der Waals surface area contributed by atoms with E-state index >= 15 is 0 Å². The van der Waals surface area contributed by atoms with Gasteiger partial charge in [-0.05, 0) is 13.5 Å². The van der Waals surface area contributed by atoms with Crippen molar-refractivity contribution in [2.45, 2.75) is 13.3 Å². The summed E-state index contributed by atoms with van der Waals surface area (Å²) in [5.41, 5.74) is 6.44. The molecule has 2 N–H and O–H groups in total. The van der Waals surface area contributed by atoms with E-state index in [2.05, 4.69) is 9.88 Å². The normalized spacial score (nSPS) is 17.1. The van der Waals surface area contributed by atoms with Crippen molar-refractivity contribution in [3.05, 3.63) is 11.5 Å². The van der Waals surface area contributed by atoms with Gasteiger partial charge in [0.05, 0.1) is 18.9 Å². The van der Waals surface area contributed by atoms with E-state index in [1.165, 1.54) is 0 Å². The predicted molar refractivity (Wildman–Crippen MR) is 57.0 cm³/mol. The first-order valence-electron chi connectivity index (χ1n) is 5.30. The van der Waals surface area contributed by atoms with Crippen LogP contribution in [-0.2, 0) is 11.2 Å². The number of nitrogens with two attached hydrogens (primary N) is 1. The van der Waals surface area contributed by atoms with Gasteiger partial charge >= 0.3 is 0 Å². The summed E-state index contributed by atoms with van der Waals surface area (Å²) in [5.74, 6) is 0.902. The fourth-order valence-electron chi connectivity index (χ4n) is 1.67. The number of oxazole rings is 1. The van der Waals surface area contributed by atoms with Crippen molar-refractivity contribution in [3.8, 4) is 0 Å². The highest BCUT2D eigenvalue weighted by Gasteiger charge is 2.17. The zero-order valence-corrected chi connectivity index (χ0v) is 9.03. The van der Waals surface area contributed by atoms with Crippen LogP contribution in [-0.4, -0.2) is 37.8 Å². The van der Waals surface area contributed by atoms with Crippen LogP contribution in [0.5, 0.6) is 0 Å². The second kappa shape index (κ2) is 4.63. The third kappa shape index (κ3) is 2.30. The number of rotatable bonds is 3. The Hall–Kier alpha value is -1.07. The van der Waals surface area contributed by atoms with Gasteiger partial charge < -0.3 is 19.8 Å². The second-order valence-electron chi connectivity index (χ2n) is 3.64. The van der Waals surface area contributed by atoms with E-state index in [0.717, 1.165) is 44.2 Å². The second-order valence-corrected chi connectivity index (χ2v) is 3.64. The lowest BCUT2D eigenvalue weighted by atomic mass is 10.3. The lowest BCUT2D eigenvalue weighted by Gasteiger charge is -2.24. The molecule has 1 fully saturated rings. The number of aryl methyl sites for hydroxylation is 1. The van der Waals surface area contributed by atoms with Crippen LogP contribution in [0.4, 0.5) is 6.01 Å². The standard InChI is InChI=1S/C10H17N3O2/c1-8-9(2-3-11)15-10(12-8)13-4-6-14-7-5-13/h2-7,11H2,1H3. The molecule has 1 aliphatic rings. The maximum atomic E-state index is 5.67. The lowest BCUT2D eigenvalue weighted by molar-refractivity contribution is 0.120. The minimum absolute atomic E-state index is 0.596. The number of anilines is 1. The fraction of sp³-hybridized carbons (Fsp3) is 0.700. The molecule has 0 aromatic carbocycles. The monoisotopic (exact) mass is 211 g/mol. The molecular formula is C10H17N3O2. The maximum absolute atomic E-state index is 5.67. The Kier molecular flexibility index (Phi) is 3.23. The average molecular weight is 211 g/mol. The number of ether oxygens (including phenoxy) is 1. The van der Waals surface area contributed by atoms with Crippen LogP contribution in [0.1, 0.15) is 11.5 Å². The third-order valence-electron chi connectivity index (χ3n) is 2.53. The van der Waals surface area contributed by atoms with Gasteiger partial charge in [-0.15, -0.1) is 0 Å². The van der Waals surface area contributed by atoms with Gasteiger partial charge in [0.15, 0.2) is 0 Å². The Morgan fingerprint density at radius 1 is 1.40 bits per heavy atom. The van der Waals surface area contributed by atoms with Gasteiger partial charge in [-0.3, -0.25) is 0 Å². The number of morpholine rings is 1. The molecule has 0 bridgehead atoms. The summed E-state index contributed by atoms with van der Waals surface area (Å²) in [4.78, 5) is 6.51. The van der Waals surface area contributed by atoms with Crippen molar-refractivity contribution in [2.24, 2.45) is 5.73 Å². The molecule has 84 valence electrons. The van der Waals surface area contributed by atoms with E-state index in [9.17, 15) is 0 Å². The Morgan fingerprint density at radius 2 is 2.13 bits per heavy atom. The molecule has 5 nitrogen and oxygen atoms in total. The zero-order valence-electron chi connectivity index (χ0n) is 9.03. The summed E-state index contributed by atoms with van der Waals surface area (Å²) in [6, 6.07) is 0.708.